The molecule has 0 saturated carbocycles. The Hall–Kier alpha value is -0.625. The molecule has 0 aromatic carbocycles. The fourth-order valence-corrected chi connectivity index (χ4v) is 2.34. The Kier molecular flexibility index (Phi) is 2.02. The maximum absolute atomic E-state index is 7.96. The van der Waals surface area contributed by atoms with E-state index in [0.29, 0.717) is 4.78 Å². The Labute approximate surface area is 124 Å². The molecule has 2 fully saturated rings. The van der Waals surface area contributed by atoms with Gasteiger partial charge in [-0.15, -0.1) is 0 Å². The van der Waals surface area contributed by atoms with Crippen molar-refractivity contribution in [1.29, 1.82) is 0 Å². The van der Waals surface area contributed by atoms with Gasteiger partial charge in [-0.05, 0) is 27.7 Å². The van der Waals surface area contributed by atoms with Gasteiger partial charge in [-0.1, -0.05) is 11.3 Å². The number of ether oxygens (including phenoxy) is 2. The van der Waals surface area contributed by atoms with Crippen LogP contribution in [0.25, 0.3) is 0 Å². The number of rotatable bonds is 3. The fraction of sp³-hybridized carbons (Fsp3) is 0.750. The third-order valence-corrected chi connectivity index (χ3v) is 4.36. The van der Waals surface area contributed by atoms with Crippen molar-refractivity contribution in [2.24, 2.45) is 0 Å². The molecule has 0 N–H and O–H groups in total. The molecule has 0 atom stereocenters. The van der Waals surface area contributed by atoms with Gasteiger partial charge in [-0.2, -0.15) is 0 Å². The van der Waals surface area contributed by atoms with Crippen LogP contribution in [0.4, 0.5) is 0 Å². The van der Waals surface area contributed by atoms with Gasteiger partial charge in [-0.3, -0.25) is 0 Å². The van der Waals surface area contributed by atoms with Crippen molar-refractivity contribution >= 4 is 23.2 Å². The summed E-state index contributed by atoms with van der Waals surface area (Å²) in [5.74, 6) is 0. The molecule has 0 radical (unpaired) electrons. The zero-order valence-electron chi connectivity index (χ0n) is 16.1. The highest BCUT2D eigenvalue weighted by Crippen LogP contribution is 2.37. The predicted octanol–water partition coefficient (Wildman–Crippen LogP) is 1.22. The average Bonchev–Trinajstić information content (AvgIpc) is 2.91. The molecule has 1 aromatic heterocycles. The highest BCUT2D eigenvalue weighted by atomic mass is 32.1. The molecule has 1 aromatic rings. The Morgan fingerprint density at radius 3 is 2.63 bits per heavy atom. The molecule has 3 heterocycles. The molecule has 3 rings (SSSR count). The van der Waals surface area contributed by atoms with Crippen LogP contribution in [0.2, 0.25) is 0 Å². The number of thiazole rings is 1. The van der Waals surface area contributed by atoms with Crippen molar-refractivity contribution in [1.82, 2.24) is 4.98 Å². The van der Waals surface area contributed by atoms with Gasteiger partial charge in [0.25, 0.3) is 5.19 Å². The summed E-state index contributed by atoms with van der Waals surface area (Å²) in [7, 11) is -0.655. The van der Waals surface area contributed by atoms with E-state index in [4.69, 9.17) is 20.9 Å². The molecular formula is C12H18BNO4S. The Bertz CT molecular complexity index is 638. The lowest BCUT2D eigenvalue weighted by atomic mass is 9.89. The summed E-state index contributed by atoms with van der Waals surface area (Å²) in [6.45, 7) is 2.51. The van der Waals surface area contributed by atoms with Crippen LogP contribution >= 0.6 is 11.3 Å². The zero-order chi connectivity index (χ0) is 18.2. The second-order valence-electron chi connectivity index (χ2n) is 5.35. The van der Waals surface area contributed by atoms with Crippen LogP contribution in [0.5, 0.6) is 5.19 Å². The molecule has 0 amide bonds. The van der Waals surface area contributed by atoms with Crippen molar-refractivity contribution in [2.75, 3.05) is 13.1 Å². The van der Waals surface area contributed by atoms with E-state index in [9.17, 15) is 0 Å². The maximum atomic E-state index is 7.96. The first-order valence-corrected chi connectivity index (χ1v) is 6.73. The lowest BCUT2D eigenvalue weighted by Crippen LogP contribution is -2.41. The maximum Gasteiger partial charge on any atom is 0.507 e. The van der Waals surface area contributed by atoms with E-state index in [0.717, 1.165) is 11.3 Å². The molecule has 2 aliphatic rings. The van der Waals surface area contributed by atoms with Gasteiger partial charge in [0.1, 0.15) is 6.08 Å². The van der Waals surface area contributed by atoms with E-state index in [2.05, 4.69) is 9.72 Å². The normalized spacial score (nSPS) is 36.2. The van der Waals surface area contributed by atoms with Crippen molar-refractivity contribution in [2.45, 2.75) is 45.0 Å². The minimum Gasteiger partial charge on any atom is -0.462 e. The predicted molar refractivity (Wildman–Crippen MR) is 73.1 cm³/mol. The molecule has 19 heavy (non-hydrogen) atoms. The molecule has 2 saturated heterocycles. The van der Waals surface area contributed by atoms with Crippen LogP contribution in [0.1, 0.15) is 34.5 Å². The molecule has 104 valence electrons. The molecule has 7 heteroatoms. The van der Waals surface area contributed by atoms with Crippen LogP contribution in [0.3, 0.4) is 0 Å². The molecular weight excluding hydrogens is 265 g/mol. The highest BCUT2D eigenvalue weighted by molar-refractivity contribution is 7.23. The van der Waals surface area contributed by atoms with Crippen LogP contribution in [-0.4, -0.2) is 42.5 Å². The summed E-state index contributed by atoms with van der Waals surface area (Å²) in [5, 5.41) is -0.0502. The lowest BCUT2D eigenvalue weighted by Gasteiger charge is -2.32. The van der Waals surface area contributed by atoms with Gasteiger partial charge >= 0.3 is 7.12 Å². The third kappa shape index (κ3) is 2.40. The summed E-state index contributed by atoms with van der Waals surface area (Å²) >= 11 is 1.02. The van der Waals surface area contributed by atoms with E-state index >= 15 is 0 Å². The first-order valence-electron chi connectivity index (χ1n) is 8.41. The quantitative estimate of drug-likeness (QED) is 0.783. The topological polar surface area (TPSA) is 49.8 Å². The van der Waals surface area contributed by atoms with Crippen LogP contribution in [-0.2, 0) is 14.0 Å². The van der Waals surface area contributed by atoms with Crippen LogP contribution in [0.15, 0.2) is 6.20 Å². The average molecular weight is 288 g/mol. The monoisotopic (exact) mass is 288 g/mol. The summed E-state index contributed by atoms with van der Waals surface area (Å²) in [5.41, 5.74) is -1.04. The lowest BCUT2D eigenvalue weighted by molar-refractivity contribution is -0.0797. The summed E-state index contributed by atoms with van der Waals surface area (Å²) in [6.07, 6.45) is -1.08. The molecule has 0 aliphatic carbocycles. The van der Waals surface area contributed by atoms with E-state index in [1.165, 1.54) is 6.20 Å². The smallest absolute Gasteiger partial charge is 0.462 e. The first-order chi connectivity index (χ1) is 10.7. The number of aromatic nitrogens is 1. The molecule has 2 aliphatic heterocycles. The van der Waals surface area contributed by atoms with E-state index in [1.54, 1.807) is 0 Å². The van der Waals surface area contributed by atoms with Crippen LogP contribution < -0.4 is 9.51 Å². The van der Waals surface area contributed by atoms with Crippen molar-refractivity contribution in [3.8, 4) is 5.19 Å². The zero-order valence-corrected chi connectivity index (χ0v) is 12.0. The summed E-state index contributed by atoms with van der Waals surface area (Å²) in [4.78, 5) is 3.98. The van der Waals surface area contributed by atoms with Crippen molar-refractivity contribution in [3.63, 3.8) is 0 Å². The second-order valence-corrected chi connectivity index (χ2v) is 6.38. The Balaban J connectivity index is 1.78. The summed E-state index contributed by atoms with van der Waals surface area (Å²) in [6, 6.07) is 0. The molecule has 5 nitrogen and oxygen atoms in total. The van der Waals surface area contributed by atoms with Crippen molar-refractivity contribution in [3.05, 3.63) is 6.20 Å². The van der Waals surface area contributed by atoms with Gasteiger partial charge in [0, 0.05) is 6.20 Å². The van der Waals surface area contributed by atoms with Gasteiger partial charge in [0.05, 0.1) is 36.0 Å². The van der Waals surface area contributed by atoms with E-state index in [-0.39, 0.29) is 5.19 Å². The van der Waals surface area contributed by atoms with Gasteiger partial charge in [0.2, 0.25) is 0 Å². The van der Waals surface area contributed by atoms with E-state index < -0.39 is 37.5 Å². The Morgan fingerprint density at radius 1 is 1.42 bits per heavy atom. The highest BCUT2D eigenvalue weighted by Gasteiger charge is 2.52. The third-order valence-electron chi connectivity index (χ3n) is 3.46. The van der Waals surface area contributed by atoms with Crippen molar-refractivity contribution < 1.29 is 25.6 Å². The van der Waals surface area contributed by atoms with Gasteiger partial charge < -0.3 is 18.8 Å². The largest absolute Gasteiger partial charge is 0.507 e. The second kappa shape index (κ2) is 4.44. The minimum atomic E-state index is -2.58. The Morgan fingerprint density at radius 2 is 2.05 bits per heavy atom. The molecule has 0 spiro atoms. The summed E-state index contributed by atoms with van der Waals surface area (Å²) < 4.78 is 60.1. The van der Waals surface area contributed by atoms with Gasteiger partial charge in [0.15, 0.2) is 0 Å². The number of nitrogens with zero attached hydrogens (tertiary/aromatic N) is 1. The standard InChI is InChI=1S/C12H18BNO4S/c1-11(2)12(3,4)18-13(17-11)9-5-14-10(19-9)16-8-6-15-7-8/h5,8H,6-7H2,1-4H3/i6D2,7D2,8D. The van der Waals surface area contributed by atoms with Crippen LogP contribution in [0, 0.1) is 0 Å². The number of hydrogen-bond donors (Lipinski definition) is 0. The SMILES string of the molecule is [2H]C1([2H])OC([2H])([2H])C1([2H])Oc1ncc(B2OC(C)(C)C(C)(C)O2)s1. The molecule has 0 bridgehead atoms. The minimum absolute atomic E-state index is 0.0502. The number of hydrogen-bond acceptors (Lipinski definition) is 6. The van der Waals surface area contributed by atoms with Gasteiger partial charge in [-0.25, -0.2) is 4.98 Å². The van der Waals surface area contributed by atoms with E-state index in [1.807, 2.05) is 27.7 Å². The fourth-order valence-electron chi connectivity index (χ4n) is 1.61. The molecule has 0 unspecified atom stereocenters. The first kappa shape index (κ1) is 8.62.